The molecule has 7 aromatic carbocycles. The van der Waals surface area contributed by atoms with Gasteiger partial charge in [-0.1, -0.05) is 167 Å². The predicted octanol–water partition coefficient (Wildman–Crippen LogP) is 15.3. The molecule has 2 aliphatic carbocycles. The normalized spacial score (nSPS) is 14.7. The fourth-order valence-corrected chi connectivity index (χ4v) is 9.73. The van der Waals surface area contributed by atoms with Crippen LogP contribution in [0.25, 0.3) is 44.5 Å². The van der Waals surface area contributed by atoms with Crippen molar-refractivity contribution < 1.29 is 0 Å². The third-order valence-electron chi connectivity index (χ3n) is 12.6. The number of fused-ring (bicyclic) bond motifs is 3. The number of rotatable bonds is 9. The van der Waals surface area contributed by atoms with Gasteiger partial charge in [-0.3, -0.25) is 0 Å². The van der Waals surface area contributed by atoms with E-state index in [1.807, 2.05) is 0 Å². The molecule has 2 aliphatic rings. The van der Waals surface area contributed by atoms with Crippen molar-refractivity contribution >= 4 is 17.1 Å². The summed E-state index contributed by atoms with van der Waals surface area (Å²) in [5.41, 5.74) is 18.2. The van der Waals surface area contributed by atoms with E-state index in [4.69, 9.17) is 0 Å². The lowest BCUT2D eigenvalue weighted by Gasteiger charge is -2.32. The summed E-state index contributed by atoms with van der Waals surface area (Å²) < 4.78 is 0. The molecule has 0 aromatic heterocycles. The van der Waals surface area contributed by atoms with E-state index in [1.165, 1.54) is 105 Å². The molecule has 7 aromatic rings. The monoisotopic (exact) mass is 699 g/mol. The van der Waals surface area contributed by atoms with Gasteiger partial charge in [0.15, 0.2) is 0 Å². The summed E-state index contributed by atoms with van der Waals surface area (Å²) in [6, 6.07) is 63.5. The predicted molar refractivity (Wildman–Crippen MR) is 230 cm³/mol. The lowest BCUT2D eigenvalue weighted by molar-refractivity contribution is 0.443. The Balaban J connectivity index is 1.18. The highest BCUT2D eigenvalue weighted by molar-refractivity contribution is 5.95. The Hall–Kier alpha value is -5.66. The van der Waals surface area contributed by atoms with Crippen LogP contribution in [0.4, 0.5) is 17.1 Å². The first-order chi connectivity index (χ1) is 26.7. The topological polar surface area (TPSA) is 3.24 Å². The van der Waals surface area contributed by atoms with Gasteiger partial charge in [0, 0.05) is 22.5 Å². The maximum Gasteiger partial charge on any atom is 0.0465 e. The lowest BCUT2D eigenvalue weighted by Crippen LogP contribution is -2.23. The third-order valence-corrected chi connectivity index (χ3v) is 12.6. The Bertz CT molecular complexity index is 2300. The molecule has 266 valence electrons. The molecule has 0 aliphatic heterocycles. The van der Waals surface area contributed by atoms with Crippen LogP contribution >= 0.6 is 0 Å². The van der Waals surface area contributed by atoms with Gasteiger partial charge in [0.25, 0.3) is 0 Å². The maximum atomic E-state index is 2.50. The zero-order valence-electron chi connectivity index (χ0n) is 31.6. The van der Waals surface area contributed by atoms with Crippen LogP contribution in [-0.2, 0) is 5.41 Å². The average molecular weight is 700 g/mol. The van der Waals surface area contributed by atoms with Crippen molar-refractivity contribution in [2.45, 2.75) is 70.1 Å². The Morgan fingerprint density at radius 2 is 0.963 bits per heavy atom. The van der Waals surface area contributed by atoms with Gasteiger partial charge in [-0.15, -0.1) is 0 Å². The van der Waals surface area contributed by atoms with Crippen molar-refractivity contribution in [2.75, 3.05) is 4.90 Å². The van der Waals surface area contributed by atoms with Crippen LogP contribution in [0.3, 0.4) is 0 Å². The molecule has 1 fully saturated rings. The van der Waals surface area contributed by atoms with Gasteiger partial charge >= 0.3 is 0 Å². The first-order valence-electron chi connectivity index (χ1n) is 20.2. The lowest BCUT2D eigenvalue weighted by atomic mass is 9.74. The molecule has 0 bridgehead atoms. The van der Waals surface area contributed by atoms with E-state index >= 15 is 0 Å². The van der Waals surface area contributed by atoms with E-state index < -0.39 is 0 Å². The van der Waals surface area contributed by atoms with Crippen LogP contribution in [-0.4, -0.2) is 0 Å². The van der Waals surface area contributed by atoms with Crippen LogP contribution in [0.1, 0.15) is 81.4 Å². The van der Waals surface area contributed by atoms with Crippen LogP contribution in [0.5, 0.6) is 0 Å². The highest BCUT2D eigenvalue weighted by atomic mass is 15.1. The van der Waals surface area contributed by atoms with E-state index in [9.17, 15) is 0 Å². The molecule has 1 nitrogen and oxygen atoms in total. The fourth-order valence-electron chi connectivity index (χ4n) is 9.73. The maximum absolute atomic E-state index is 2.50. The second-order valence-corrected chi connectivity index (χ2v) is 15.3. The third kappa shape index (κ3) is 5.97. The average Bonchev–Trinajstić information content (AvgIpc) is 3.54. The summed E-state index contributed by atoms with van der Waals surface area (Å²) >= 11 is 0. The molecule has 1 heteroatoms. The summed E-state index contributed by atoms with van der Waals surface area (Å²) in [5, 5.41) is 0. The molecule has 0 heterocycles. The number of hydrogen-bond donors (Lipinski definition) is 0. The molecule has 0 amide bonds. The van der Waals surface area contributed by atoms with Crippen molar-refractivity contribution in [1.29, 1.82) is 0 Å². The van der Waals surface area contributed by atoms with Crippen molar-refractivity contribution in [3.8, 4) is 44.5 Å². The van der Waals surface area contributed by atoms with Crippen molar-refractivity contribution in [1.82, 2.24) is 0 Å². The molecule has 54 heavy (non-hydrogen) atoms. The van der Waals surface area contributed by atoms with Gasteiger partial charge in [-0.2, -0.15) is 0 Å². The SMILES string of the molecule is CCC1(CC)c2ccccc2-c2ccc(N(c3ccc(-c4c(-c5ccccc5)cccc4-c4ccccc4)cc3)c3ccc(C4CCCCC4)cc3)cc21. The highest BCUT2D eigenvalue weighted by Crippen LogP contribution is 2.54. The van der Waals surface area contributed by atoms with Gasteiger partial charge in [0.1, 0.15) is 0 Å². The second kappa shape index (κ2) is 14.6. The summed E-state index contributed by atoms with van der Waals surface area (Å²) in [5.74, 6) is 0.678. The molecule has 9 rings (SSSR count). The van der Waals surface area contributed by atoms with Crippen molar-refractivity contribution in [3.05, 3.63) is 187 Å². The zero-order valence-corrected chi connectivity index (χ0v) is 31.6. The fraction of sp³-hybridized carbons (Fsp3) is 0.208. The summed E-state index contributed by atoms with van der Waals surface area (Å²) in [6.45, 7) is 4.72. The smallest absolute Gasteiger partial charge is 0.0465 e. The quantitative estimate of drug-likeness (QED) is 0.145. The molecule has 0 unspecified atom stereocenters. The molecular formula is C53H49N. The Morgan fingerprint density at radius 3 is 1.57 bits per heavy atom. The standard InChI is InChI=1S/C53H49N/c1-3-53(4-2)50-26-15-14-23-48(50)49-36-35-45(37-51(49)53)54(43-31-27-39(28-32-43)38-17-8-5-9-18-38)44-33-29-42(30-34-44)52-46(40-19-10-6-11-20-40)24-16-25-47(52)41-21-12-7-13-22-41/h6-7,10-16,19-38H,3-5,8-9,17-18H2,1-2H3. The summed E-state index contributed by atoms with van der Waals surface area (Å²) in [7, 11) is 0. The minimum absolute atomic E-state index is 0.0112. The number of hydrogen-bond acceptors (Lipinski definition) is 1. The van der Waals surface area contributed by atoms with Crippen molar-refractivity contribution in [3.63, 3.8) is 0 Å². The number of anilines is 3. The Kier molecular flexibility index (Phi) is 9.25. The number of benzene rings is 7. The van der Waals surface area contributed by atoms with Crippen LogP contribution in [0.2, 0.25) is 0 Å². The Morgan fingerprint density at radius 1 is 0.444 bits per heavy atom. The number of nitrogens with zero attached hydrogens (tertiary/aromatic N) is 1. The molecule has 1 saturated carbocycles. The first-order valence-corrected chi connectivity index (χ1v) is 20.2. The van der Waals surface area contributed by atoms with E-state index in [0.29, 0.717) is 5.92 Å². The molecule has 0 radical (unpaired) electrons. The van der Waals surface area contributed by atoms with Crippen LogP contribution in [0.15, 0.2) is 170 Å². The minimum atomic E-state index is 0.0112. The summed E-state index contributed by atoms with van der Waals surface area (Å²) in [4.78, 5) is 2.48. The van der Waals surface area contributed by atoms with Crippen LogP contribution < -0.4 is 4.90 Å². The van der Waals surface area contributed by atoms with E-state index in [1.54, 1.807) is 0 Å². The molecule has 0 N–H and O–H groups in total. The van der Waals surface area contributed by atoms with Gasteiger partial charge in [0.05, 0.1) is 0 Å². The first kappa shape index (κ1) is 34.1. The Labute approximate surface area is 322 Å². The second-order valence-electron chi connectivity index (χ2n) is 15.3. The van der Waals surface area contributed by atoms with Crippen LogP contribution in [0, 0.1) is 0 Å². The van der Waals surface area contributed by atoms with E-state index in [0.717, 1.165) is 18.5 Å². The van der Waals surface area contributed by atoms with Gasteiger partial charge in [-0.05, 0) is 129 Å². The van der Waals surface area contributed by atoms with Gasteiger partial charge in [0.2, 0.25) is 0 Å². The highest BCUT2D eigenvalue weighted by Gasteiger charge is 2.40. The minimum Gasteiger partial charge on any atom is -0.310 e. The molecule has 0 atom stereocenters. The van der Waals surface area contributed by atoms with Gasteiger partial charge in [-0.25, -0.2) is 0 Å². The van der Waals surface area contributed by atoms with E-state index in [2.05, 4.69) is 189 Å². The molecule has 0 spiro atoms. The zero-order chi connectivity index (χ0) is 36.5. The van der Waals surface area contributed by atoms with E-state index in [-0.39, 0.29) is 5.41 Å². The summed E-state index contributed by atoms with van der Waals surface area (Å²) in [6.07, 6.45) is 8.83. The molecule has 0 saturated heterocycles. The molecular weight excluding hydrogens is 651 g/mol. The van der Waals surface area contributed by atoms with Gasteiger partial charge < -0.3 is 4.90 Å². The van der Waals surface area contributed by atoms with Crippen molar-refractivity contribution in [2.24, 2.45) is 0 Å². The largest absolute Gasteiger partial charge is 0.310 e.